The summed E-state index contributed by atoms with van der Waals surface area (Å²) in [6.45, 7) is 0.183. The highest BCUT2D eigenvalue weighted by molar-refractivity contribution is 7.71. The molecule has 0 aliphatic rings. The first-order chi connectivity index (χ1) is 17.0. The minimum atomic E-state index is -0.260. The van der Waals surface area contributed by atoms with Crippen LogP contribution < -0.4 is 20.3 Å². The summed E-state index contributed by atoms with van der Waals surface area (Å²) in [6.07, 6.45) is 0.711. The predicted octanol–water partition coefficient (Wildman–Crippen LogP) is 4.57. The lowest BCUT2D eigenvalue weighted by Crippen LogP contribution is -2.32. The molecule has 0 bridgehead atoms. The topological polar surface area (TPSA) is 85.4 Å². The van der Waals surface area contributed by atoms with Gasteiger partial charge in [-0.2, -0.15) is 0 Å². The van der Waals surface area contributed by atoms with Crippen LogP contribution in [0, 0.1) is 4.77 Å². The van der Waals surface area contributed by atoms with Crippen LogP contribution in [-0.4, -0.2) is 29.7 Å². The van der Waals surface area contributed by atoms with Crippen LogP contribution in [0.25, 0.3) is 10.9 Å². The fourth-order valence-electron chi connectivity index (χ4n) is 3.97. The van der Waals surface area contributed by atoms with E-state index in [0.717, 1.165) is 22.6 Å². The highest BCUT2D eigenvalue weighted by Gasteiger charge is 2.17. The molecule has 0 saturated carbocycles. The molecule has 1 atom stereocenters. The van der Waals surface area contributed by atoms with Gasteiger partial charge in [0, 0.05) is 13.0 Å². The molecule has 8 heteroatoms. The SMILES string of the molecule is COc1ccc(C[C@@H](NC(=O)CCn2c(=S)[nH]c3ccccc3c2=O)c2ccc(OC)cc2)cc1. The fraction of sp³-hybridized carbons (Fsp3) is 0.222. The third-order valence-electron chi connectivity index (χ3n) is 5.90. The monoisotopic (exact) mass is 489 g/mol. The lowest BCUT2D eigenvalue weighted by atomic mass is 9.98. The summed E-state index contributed by atoms with van der Waals surface area (Å²) in [5.41, 5.74) is 2.49. The molecule has 0 fully saturated rings. The average molecular weight is 490 g/mol. The van der Waals surface area contributed by atoms with Crippen LogP contribution in [0.3, 0.4) is 0 Å². The van der Waals surface area contributed by atoms with E-state index in [1.807, 2.05) is 60.7 Å². The number of hydrogen-bond acceptors (Lipinski definition) is 5. The first-order valence-electron chi connectivity index (χ1n) is 11.3. The number of aromatic amines is 1. The molecule has 0 saturated heterocycles. The van der Waals surface area contributed by atoms with E-state index in [4.69, 9.17) is 21.7 Å². The number of methoxy groups -OCH3 is 2. The number of nitrogens with zero attached hydrogens (tertiary/aromatic N) is 1. The number of fused-ring (bicyclic) bond motifs is 1. The molecule has 2 N–H and O–H groups in total. The lowest BCUT2D eigenvalue weighted by molar-refractivity contribution is -0.122. The number of rotatable bonds is 9. The molecule has 1 aromatic heterocycles. The zero-order valence-corrected chi connectivity index (χ0v) is 20.4. The third kappa shape index (κ3) is 5.78. The molecule has 3 aromatic carbocycles. The number of aromatic nitrogens is 2. The van der Waals surface area contributed by atoms with E-state index < -0.39 is 0 Å². The maximum Gasteiger partial charge on any atom is 0.262 e. The van der Waals surface area contributed by atoms with Gasteiger partial charge >= 0.3 is 0 Å². The standard InChI is InChI=1S/C27H27N3O4S/c1-33-20-11-7-18(8-12-20)17-24(19-9-13-21(34-2)14-10-19)28-25(31)15-16-30-26(32)22-5-3-4-6-23(22)29-27(30)35/h3-14,24H,15-17H2,1-2H3,(H,28,31)(H,29,35)/t24-/m1/s1. The number of H-pyrrole nitrogens is 1. The molecule has 4 rings (SSSR count). The second kappa shape index (κ2) is 11.0. The van der Waals surface area contributed by atoms with Crippen LogP contribution in [0.15, 0.2) is 77.6 Å². The molecule has 4 aromatic rings. The number of para-hydroxylation sites is 1. The first kappa shape index (κ1) is 24.2. The molecule has 35 heavy (non-hydrogen) atoms. The minimum absolute atomic E-state index is 0.116. The number of hydrogen-bond donors (Lipinski definition) is 2. The van der Waals surface area contributed by atoms with E-state index in [0.29, 0.717) is 22.1 Å². The van der Waals surface area contributed by atoms with E-state index in [2.05, 4.69) is 10.3 Å². The smallest absolute Gasteiger partial charge is 0.262 e. The van der Waals surface area contributed by atoms with Crippen LogP contribution >= 0.6 is 12.2 Å². The van der Waals surface area contributed by atoms with E-state index in [-0.39, 0.29) is 30.5 Å². The molecule has 1 amide bonds. The Hall–Kier alpha value is -3.91. The summed E-state index contributed by atoms with van der Waals surface area (Å²) in [7, 11) is 3.24. The van der Waals surface area contributed by atoms with Crippen molar-refractivity contribution in [2.24, 2.45) is 0 Å². The van der Waals surface area contributed by atoms with Crippen molar-refractivity contribution in [1.29, 1.82) is 0 Å². The van der Waals surface area contributed by atoms with Crippen LogP contribution in [-0.2, 0) is 17.8 Å². The van der Waals surface area contributed by atoms with E-state index in [1.165, 1.54) is 4.57 Å². The van der Waals surface area contributed by atoms with Gasteiger partial charge in [-0.05, 0) is 66.2 Å². The number of carbonyl (C=O) groups excluding carboxylic acids is 1. The number of ether oxygens (including phenoxy) is 2. The molecule has 0 radical (unpaired) electrons. The Morgan fingerprint density at radius 2 is 1.60 bits per heavy atom. The Balaban J connectivity index is 1.52. The van der Waals surface area contributed by atoms with Crippen LogP contribution in [0.2, 0.25) is 0 Å². The second-order valence-electron chi connectivity index (χ2n) is 8.13. The summed E-state index contributed by atoms with van der Waals surface area (Å²) >= 11 is 5.37. The molecule has 0 unspecified atom stereocenters. The molecule has 7 nitrogen and oxygen atoms in total. The normalized spacial score (nSPS) is 11.7. The summed E-state index contributed by atoms with van der Waals surface area (Å²) < 4.78 is 12.2. The van der Waals surface area contributed by atoms with Crippen molar-refractivity contribution in [1.82, 2.24) is 14.9 Å². The van der Waals surface area contributed by atoms with Gasteiger partial charge in [-0.15, -0.1) is 0 Å². The van der Waals surface area contributed by atoms with E-state index >= 15 is 0 Å². The predicted molar refractivity (Wildman–Crippen MR) is 139 cm³/mol. The summed E-state index contributed by atoms with van der Waals surface area (Å²) in [5, 5.41) is 3.66. The van der Waals surface area contributed by atoms with Gasteiger partial charge in [-0.25, -0.2) is 0 Å². The van der Waals surface area contributed by atoms with Gasteiger partial charge in [-0.1, -0.05) is 36.4 Å². The Kier molecular flexibility index (Phi) is 7.62. The summed E-state index contributed by atoms with van der Waals surface area (Å²) in [4.78, 5) is 28.9. The largest absolute Gasteiger partial charge is 0.497 e. The lowest BCUT2D eigenvalue weighted by Gasteiger charge is -2.20. The van der Waals surface area contributed by atoms with Crippen molar-refractivity contribution in [3.63, 3.8) is 0 Å². The number of amides is 1. The van der Waals surface area contributed by atoms with Crippen molar-refractivity contribution < 1.29 is 14.3 Å². The maximum atomic E-state index is 13.0. The second-order valence-corrected chi connectivity index (χ2v) is 8.51. The van der Waals surface area contributed by atoms with E-state index in [1.54, 1.807) is 26.4 Å². The first-order valence-corrected chi connectivity index (χ1v) is 11.7. The Bertz CT molecular complexity index is 1430. The highest BCUT2D eigenvalue weighted by Crippen LogP contribution is 2.23. The van der Waals surface area contributed by atoms with Gasteiger partial charge in [0.05, 0.1) is 31.2 Å². The molecule has 0 spiro atoms. The molecular formula is C27H27N3O4S. The Morgan fingerprint density at radius 1 is 0.971 bits per heavy atom. The Labute approximate surface area is 208 Å². The van der Waals surface area contributed by atoms with Crippen molar-refractivity contribution in [2.75, 3.05) is 14.2 Å². The van der Waals surface area contributed by atoms with Crippen LogP contribution in [0.5, 0.6) is 11.5 Å². The number of benzene rings is 3. The van der Waals surface area contributed by atoms with Gasteiger partial charge in [0.25, 0.3) is 5.56 Å². The van der Waals surface area contributed by atoms with Gasteiger partial charge < -0.3 is 19.8 Å². The maximum absolute atomic E-state index is 13.0. The van der Waals surface area contributed by atoms with Gasteiger partial charge in [0.2, 0.25) is 5.91 Å². The minimum Gasteiger partial charge on any atom is -0.497 e. The quantitative estimate of drug-likeness (QED) is 0.337. The zero-order valence-electron chi connectivity index (χ0n) is 19.6. The van der Waals surface area contributed by atoms with Crippen molar-refractivity contribution in [3.8, 4) is 11.5 Å². The van der Waals surface area contributed by atoms with Gasteiger partial charge in [0.1, 0.15) is 11.5 Å². The van der Waals surface area contributed by atoms with E-state index in [9.17, 15) is 9.59 Å². The van der Waals surface area contributed by atoms with Gasteiger partial charge in [0.15, 0.2) is 4.77 Å². The fourth-order valence-corrected chi connectivity index (χ4v) is 4.25. The molecule has 0 aliphatic heterocycles. The number of nitrogens with one attached hydrogen (secondary N) is 2. The number of carbonyl (C=O) groups is 1. The third-order valence-corrected chi connectivity index (χ3v) is 6.23. The highest BCUT2D eigenvalue weighted by atomic mass is 32.1. The van der Waals surface area contributed by atoms with Crippen molar-refractivity contribution in [2.45, 2.75) is 25.4 Å². The van der Waals surface area contributed by atoms with Gasteiger partial charge in [-0.3, -0.25) is 14.2 Å². The molecule has 0 aliphatic carbocycles. The molecule has 180 valence electrons. The summed E-state index contributed by atoms with van der Waals surface area (Å²) in [6, 6.07) is 22.3. The van der Waals surface area contributed by atoms with Crippen molar-refractivity contribution >= 4 is 29.0 Å². The Morgan fingerprint density at radius 3 is 2.26 bits per heavy atom. The van der Waals surface area contributed by atoms with Crippen molar-refractivity contribution in [3.05, 3.63) is 99.0 Å². The summed E-state index contributed by atoms with van der Waals surface area (Å²) in [5.74, 6) is 1.35. The van der Waals surface area contributed by atoms with Crippen LogP contribution in [0.4, 0.5) is 0 Å². The molecular weight excluding hydrogens is 462 g/mol. The average Bonchev–Trinajstić information content (AvgIpc) is 2.88. The molecule has 1 heterocycles. The zero-order chi connectivity index (χ0) is 24.8. The van der Waals surface area contributed by atoms with Crippen LogP contribution in [0.1, 0.15) is 23.6 Å².